The minimum Gasteiger partial charge on any atom is -0.489 e. The molecule has 0 aliphatic carbocycles. The highest BCUT2D eigenvalue weighted by atomic mass is 79.9. The van der Waals surface area contributed by atoms with Gasteiger partial charge in [-0.25, -0.2) is 0 Å². The summed E-state index contributed by atoms with van der Waals surface area (Å²) in [4.78, 5) is 4.31. The topological polar surface area (TPSA) is 22.1 Å². The SMILES string of the molecule is ClCc1cc(OCc2ccc3ncccc3c2)ccc1Br. The van der Waals surface area contributed by atoms with E-state index in [1.54, 1.807) is 6.20 Å². The second-order valence-corrected chi connectivity index (χ2v) is 5.83. The minimum absolute atomic E-state index is 0.458. The second-order valence-electron chi connectivity index (χ2n) is 4.71. The van der Waals surface area contributed by atoms with Gasteiger partial charge in [0.2, 0.25) is 0 Å². The number of aromatic nitrogens is 1. The molecule has 0 saturated carbocycles. The average molecular weight is 363 g/mol. The Morgan fingerprint density at radius 2 is 2.00 bits per heavy atom. The van der Waals surface area contributed by atoms with E-state index in [9.17, 15) is 0 Å². The van der Waals surface area contributed by atoms with Gasteiger partial charge in [0.1, 0.15) is 12.4 Å². The third-order valence-corrected chi connectivity index (χ3v) is 4.30. The highest BCUT2D eigenvalue weighted by Crippen LogP contribution is 2.25. The monoisotopic (exact) mass is 361 g/mol. The van der Waals surface area contributed by atoms with Crippen LogP contribution >= 0.6 is 27.5 Å². The predicted octanol–water partition coefficient (Wildman–Crippen LogP) is 5.32. The molecule has 0 bridgehead atoms. The fraction of sp³-hybridized carbons (Fsp3) is 0.118. The number of alkyl halides is 1. The standard InChI is InChI=1S/C17H13BrClNO/c18-16-5-4-15(9-14(16)10-19)21-11-12-3-6-17-13(8-12)2-1-7-20-17/h1-9H,10-11H2. The smallest absolute Gasteiger partial charge is 0.120 e. The molecule has 0 unspecified atom stereocenters. The molecule has 0 aliphatic heterocycles. The zero-order valence-corrected chi connectivity index (χ0v) is 13.6. The van der Waals surface area contributed by atoms with Crippen molar-refractivity contribution in [2.45, 2.75) is 12.5 Å². The summed E-state index contributed by atoms with van der Waals surface area (Å²) >= 11 is 9.36. The number of nitrogens with zero attached hydrogens (tertiary/aromatic N) is 1. The number of rotatable bonds is 4. The van der Waals surface area contributed by atoms with Gasteiger partial charge in [0, 0.05) is 21.9 Å². The van der Waals surface area contributed by atoms with Crippen LogP contribution in [0.1, 0.15) is 11.1 Å². The lowest BCUT2D eigenvalue weighted by atomic mass is 10.1. The molecule has 1 heterocycles. The van der Waals surface area contributed by atoms with Crippen molar-refractivity contribution < 1.29 is 4.74 Å². The minimum atomic E-state index is 0.458. The molecule has 0 amide bonds. The Kier molecular flexibility index (Phi) is 4.42. The summed E-state index contributed by atoms with van der Waals surface area (Å²) in [6, 6.07) is 16.0. The van der Waals surface area contributed by atoms with Crippen LogP contribution in [0.5, 0.6) is 5.75 Å². The maximum atomic E-state index is 5.89. The van der Waals surface area contributed by atoms with E-state index in [0.29, 0.717) is 12.5 Å². The van der Waals surface area contributed by atoms with Gasteiger partial charge in [0.15, 0.2) is 0 Å². The number of fused-ring (bicyclic) bond motifs is 1. The molecule has 0 saturated heterocycles. The van der Waals surface area contributed by atoms with Gasteiger partial charge < -0.3 is 4.74 Å². The van der Waals surface area contributed by atoms with Gasteiger partial charge >= 0.3 is 0 Å². The molecule has 106 valence electrons. The molecular formula is C17H13BrClNO. The fourth-order valence-electron chi connectivity index (χ4n) is 2.12. The molecule has 0 spiro atoms. The Hall–Kier alpha value is -1.58. The summed E-state index contributed by atoms with van der Waals surface area (Å²) in [7, 11) is 0. The third-order valence-electron chi connectivity index (χ3n) is 3.23. The summed E-state index contributed by atoms with van der Waals surface area (Å²) in [5.41, 5.74) is 3.14. The molecule has 0 radical (unpaired) electrons. The summed E-state index contributed by atoms with van der Waals surface area (Å²) < 4.78 is 6.84. The molecule has 4 heteroatoms. The molecular weight excluding hydrogens is 350 g/mol. The van der Waals surface area contributed by atoms with Crippen LogP contribution in [0.4, 0.5) is 0 Å². The van der Waals surface area contributed by atoms with E-state index in [1.165, 1.54) is 0 Å². The van der Waals surface area contributed by atoms with Gasteiger partial charge in [0.05, 0.1) is 5.52 Å². The van der Waals surface area contributed by atoms with Crippen molar-refractivity contribution >= 4 is 38.4 Å². The van der Waals surface area contributed by atoms with Crippen molar-refractivity contribution in [1.82, 2.24) is 4.98 Å². The molecule has 3 rings (SSSR count). The number of hydrogen-bond acceptors (Lipinski definition) is 2. The third kappa shape index (κ3) is 3.36. The molecule has 0 atom stereocenters. The Morgan fingerprint density at radius 3 is 2.86 bits per heavy atom. The predicted molar refractivity (Wildman–Crippen MR) is 89.8 cm³/mol. The molecule has 0 N–H and O–H groups in total. The van der Waals surface area contributed by atoms with Gasteiger partial charge in [-0.1, -0.05) is 28.1 Å². The number of halogens is 2. The first-order valence-electron chi connectivity index (χ1n) is 6.57. The van der Waals surface area contributed by atoms with E-state index >= 15 is 0 Å². The van der Waals surface area contributed by atoms with Crippen LogP contribution in [0.15, 0.2) is 59.2 Å². The Morgan fingerprint density at radius 1 is 1.10 bits per heavy atom. The zero-order valence-electron chi connectivity index (χ0n) is 11.2. The Labute approximate surface area is 136 Å². The zero-order chi connectivity index (χ0) is 14.7. The van der Waals surface area contributed by atoms with Crippen LogP contribution in [0, 0.1) is 0 Å². The first-order chi connectivity index (χ1) is 10.3. The van der Waals surface area contributed by atoms with Gasteiger partial charge in [-0.3, -0.25) is 4.98 Å². The molecule has 21 heavy (non-hydrogen) atoms. The Balaban J connectivity index is 1.76. The lowest BCUT2D eigenvalue weighted by molar-refractivity contribution is 0.306. The molecule has 1 aromatic heterocycles. The molecule has 0 aliphatic rings. The Bertz CT molecular complexity index is 776. The summed E-state index contributed by atoms with van der Waals surface area (Å²) in [6.07, 6.45) is 1.80. The lowest BCUT2D eigenvalue weighted by Gasteiger charge is -2.09. The van der Waals surface area contributed by atoms with E-state index < -0.39 is 0 Å². The van der Waals surface area contributed by atoms with E-state index in [4.69, 9.17) is 16.3 Å². The van der Waals surface area contributed by atoms with Gasteiger partial charge in [-0.2, -0.15) is 0 Å². The molecule has 2 aromatic carbocycles. The van der Waals surface area contributed by atoms with E-state index in [0.717, 1.165) is 32.3 Å². The average Bonchev–Trinajstić information content (AvgIpc) is 2.54. The van der Waals surface area contributed by atoms with Crippen molar-refractivity contribution in [3.05, 3.63) is 70.3 Å². The summed E-state index contributed by atoms with van der Waals surface area (Å²) in [5, 5.41) is 1.12. The highest BCUT2D eigenvalue weighted by Gasteiger charge is 2.03. The largest absolute Gasteiger partial charge is 0.489 e. The van der Waals surface area contributed by atoms with Crippen molar-refractivity contribution in [3.8, 4) is 5.75 Å². The van der Waals surface area contributed by atoms with Crippen molar-refractivity contribution in [3.63, 3.8) is 0 Å². The van der Waals surface area contributed by atoms with Crippen LogP contribution in [0.3, 0.4) is 0 Å². The first kappa shape index (κ1) is 14.4. The van der Waals surface area contributed by atoms with E-state index in [2.05, 4.69) is 33.0 Å². The number of hydrogen-bond donors (Lipinski definition) is 0. The first-order valence-corrected chi connectivity index (χ1v) is 7.90. The molecule has 3 aromatic rings. The highest BCUT2D eigenvalue weighted by molar-refractivity contribution is 9.10. The number of ether oxygens (including phenoxy) is 1. The maximum Gasteiger partial charge on any atom is 0.120 e. The van der Waals surface area contributed by atoms with Gasteiger partial charge in [-0.15, -0.1) is 11.6 Å². The normalized spacial score (nSPS) is 10.8. The van der Waals surface area contributed by atoms with Crippen LogP contribution in [-0.4, -0.2) is 4.98 Å². The van der Waals surface area contributed by atoms with Gasteiger partial charge in [0.25, 0.3) is 0 Å². The van der Waals surface area contributed by atoms with Crippen LogP contribution in [-0.2, 0) is 12.5 Å². The summed E-state index contributed by atoms with van der Waals surface area (Å²) in [5.74, 6) is 1.28. The maximum absolute atomic E-state index is 5.89. The lowest BCUT2D eigenvalue weighted by Crippen LogP contribution is -1.96. The van der Waals surface area contributed by atoms with Crippen molar-refractivity contribution in [1.29, 1.82) is 0 Å². The fourth-order valence-corrected chi connectivity index (χ4v) is 2.89. The molecule has 0 fully saturated rings. The van der Waals surface area contributed by atoms with Crippen molar-refractivity contribution in [2.24, 2.45) is 0 Å². The van der Waals surface area contributed by atoms with Crippen LogP contribution < -0.4 is 4.74 Å². The summed E-state index contributed by atoms with van der Waals surface area (Å²) in [6.45, 7) is 0.522. The number of benzene rings is 2. The molecule has 2 nitrogen and oxygen atoms in total. The van der Waals surface area contributed by atoms with E-state index in [-0.39, 0.29) is 0 Å². The van der Waals surface area contributed by atoms with Gasteiger partial charge in [-0.05, 0) is 47.5 Å². The van der Waals surface area contributed by atoms with Crippen LogP contribution in [0.2, 0.25) is 0 Å². The number of pyridine rings is 1. The van der Waals surface area contributed by atoms with E-state index in [1.807, 2.05) is 36.4 Å². The van der Waals surface area contributed by atoms with Crippen LogP contribution in [0.25, 0.3) is 10.9 Å². The second kappa shape index (κ2) is 6.46. The van der Waals surface area contributed by atoms with Crippen molar-refractivity contribution in [2.75, 3.05) is 0 Å². The quantitative estimate of drug-likeness (QED) is 0.586.